The van der Waals surface area contributed by atoms with Crippen LogP contribution in [0.3, 0.4) is 0 Å². The second-order valence-electron chi connectivity index (χ2n) is 9.09. The van der Waals surface area contributed by atoms with Crippen molar-refractivity contribution in [3.05, 3.63) is 76.3 Å². The zero-order valence-corrected chi connectivity index (χ0v) is 21.3. The van der Waals surface area contributed by atoms with Crippen LogP contribution in [0.5, 0.6) is 17.2 Å². The van der Waals surface area contributed by atoms with E-state index in [1.165, 1.54) is 7.11 Å². The van der Waals surface area contributed by atoms with Crippen molar-refractivity contribution < 1.29 is 29.3 Å². The zero-order valence-electron chi connectivity index (χ0n) is 21.3. The Labute approximate surface area is 211 Å². The number of nitrogens with one attached hydrogen (secondary N) is 1. The first-order valence-electron chi connectivity index (χ1n) is 11.9. The van der Waals surface area contributed by atoms with Gasteiger partial charge in [0.1, 0.15) is 29.4 Å². The summed E-state index contributed by atoms with van der Waals surface area (Å²) in [6, 6.07) is 14.3. The maximum atomic E-state index is 12.4. The third-order valence-corrected chi connectivity index (χ3v) is 5.87. The lowest BCUT2D eigenvalue weighted by Crippen LogP contribution is -2.06. The fourth-order valence-electron chi connectivity index (χ4n) is 4.03. The Morgan fingerprint density at radius 1 is 1.03 bits per heavy atom. The summed E-state index contributed by atoms with van der Waals surface area (Å²) >= 11 is 0. The Morgan fingerprint density at radius 3 is 2.42 bits per heavy atom. The number of ketones is 1. The smallest absolute Gasteiger partial charge is 0.339 e. The van der Waals surface area contributed by atoms with Gasteiger partial charge in [-0.25, -0.2) is 4.79 Å². The highest BCUT2D eigenvalue weighted by atomic mass is 16.5. The molecule has 0 saturated carbocycles. The molecule has 0 bridgehead atoms. The van der Waals surface area contributed by atoms with Crippen LogP contribution in [-0.2, 0) is 13.0 Å². The third kappa shape index (κ3) is 6.16. The molecule has 0 heterocycles. The van der Waals surface area contributed by atoms with Gasteiger partial charge in [-0.1, -0.05) is 32.9 Å². The molecule has 7 nitrogen and oxygen atoms in total. The number of carboxylic acid groups (broad SMARTS) is 1. The SMILES string of the molecule is CCc1cc(Nc2cccc(COc3ccc(C(=O)CC(C)C)c(O)c3C)c2)cc(C(=O)O)c1OC. The molecule has 36 heavy (non-hydrogen) atoms. The van der Waals surface area contributed by atoms with Crippen LogP contribution in [0.4, 0.5) is 11.4 Å². The Hall–Kier alpha value is -4.00. The van der Waals surface area contributed by atoms with Crippen molar-refractivity contribution in [2.45, 2.75) is 47.1 Å². The van der Waals surface area contributed by atoms with Crippen LogP contribution in [0.2, 0.25) is 0 Å². The molecule has 3 aromatic rings. The number of carbonyl (C=O) groups excluding carboxylic acids is 1. The average molecular weight is 492 g/mol. The molecule has 7 heteroatoms. The van der Waals surface area contributed by atoms with Crippen LogP contribution >= 0.6 is 0 Å². The van der Waals surface area contributed by atoms with Gasteiger partial charge < -0.3 is 25.0 Å². The van der Waals surface area contributed by atoms with E-state index in [9.17, 15) is 19.8 Å². The van der Waals surface area contributed by atoms with Gasteiger partial charge in [0.15, 0.2) is 5.78 Å². The molecular formula is C29H33NO6. The number of aryl methyl sites for hydroxylation is 1. The number of carboxylic acids is 1. The summed E-state index contributed by atoms with van der Waals surface area (Å²) in [6.07, 6.45) is 0.996. The fourth-order valence-corrected chi connectivity index (χ4v) is 4.03. The lowest BCUT2D eigenvalue weighted by Gasteiger charge is -2.16. The first-order chi connectivity index (χ1) is 17.1. The van der Waals surface area contributed by atoms with Crippen LogP contribution in [0, 0.1) is 12.8 Å². The normalized spacial score (nSPS) is 10.8. The Bertz CT molecular complexity index is 1260. The molecule has 3 aromatic carbocycles. The first kappa shape index (κ1) is 26.6. The number of carbonyl (C=O) groups is 2. The van der Waals surface area contributed by atoms with Crippen molar-refractivity contribution in [2.75, 3.05) is 12.4 Å². The molecule has 3 rings (SSSR count). The summed E-state index contributed by atoms with van der Waals surface area (Å²) in [5, 5.41) is 23.4. The highest BCUT2D eigenvalue weighted by Gasteiger charge is 2.18. The number of aromatic carboxylic acids is 1. The van der Waals surface area contributed by atoms with E-state index in [1.807, 2.05) is 51.1 Å². The molecule has 190 valence electrons. The molecule has 0 saturated heterocycles. The lowest BCUT2D eigenvalue weighted by molar-refractivity contribution is 0.0693. The molecule has 0 aliphatic heterocycles. The van der Waals surface area contributed by atoms with Gasteiger partial charge in [-0.3, -0.25) is 4.79 Å². The Kier molecular flexibility index (Phi) is 8.59. The number of methoxy groups -OCH3 is 1. The van der Waals surface area contributed by atoms with Crippen LogP contribution in [0.15, 0.2) is 48.5 Å². The third-order valence-electron chi connectivity index (χ3n) is 5.87. The predicted molar refractivity (Wildman–Crippen MR) is 140 cm³/mol. The quantitative estimate of drug-likeness (QED) is 0.262. The van der Waals surface area contributed by atoms with Gasteiger partial charge in [-0.15, -0.1) is 0 Å². The van der Waals surface area contributed by atoms with E-state index in [2.05, 4.69) is 5.32 Å². The number of phenols is 1. The van der Waals surface area contributed by atoms with E-state index in [0.717, 1.165) is 16.8 Å². The minimum atomic E-state index is -1.05. The molecule has 0 fully saturated rings. The number of hydrogen-bond acceptors (Lipinski definition) is 6. The van der Waals surface area contributed by atoms with Crippen LogP contribution in [0.1, 0.15) is 64.6 Å². The van der Waals surface area contributed by atoms with Gasteiger partial charge in [0.05, 0.1) is 12.7 Å². The number of aromatic hydroxyl groups is 1. The van der Waals surface area contributed by atoms with E-state index in [-0.39, 0.29) is 29.6 Å². The Balaban J connectivity index is 1.77. The van der Waals surface area contributed by atoms with E-state index in [4.69, 9.17) is 9.47 Å². The molecule has 0 unspecified atom stereocenters. The molecular weight excluding hydrogens is 458 g/mol. The molecule has 0 aliphatic rings. The molecule has 0 spiro atoms. The van der Waals surface area contributed by atoms with Gasteiger partial charge in [0.2, 0.25) is 0 Å². The summed E-state index contributed by atoms with van der Waals surface area (Å²) in [5.74, 6) is -0.117. The van der Waals surface area contributed by atoms with Crippen LogP contribution < -0.4 is 14.8 Å². The number of Topliss-reactive ketones (excluding diaryl/α,β-unsaturated/α-hetero) is 1. The van der Waals surface area contributed by atoms with Crippen molar-refractivity contribution in [3.8, 4) is 17.2 Å². The minimum absolute atomic E-state index is 0.0472. The van der Waals surface area contributed by atoms with E-state index in [1.54, 1.807) is 25.1 Å². The second-order valence-corrected chi connectivity index (χ2v) is 9.09. The monoisotopic (exact) mass is 491 g/mol. The number of ether oxygens (including phenoxy) is 2. The number of hydrogen-bond donors (Lipinski definition) is 3. The summed E-state index contributed by atoms with van der Waals surface area (Å²) in [5.41, 5.74) is 4.02. The molecule has 0 amide bonds. The van der Waals surface area contributed by atoms with Crippen LogP contribution in [-0.4, -0.2) is 29.1 Å². The van der Waals surface area contributed by atoms with Crippen molar-refractivity contribution >= 4 is 23.1 Å². The summed E-state index contributed by atoms with van der Waals surface area (Å²) < 4.78 is 11.3. The summed E-state index contributed by atoms with van der Waals surface area (Å²) in [7, 11) is 1.47. The maximum Gasteiger partial charge on any atom is 0.339 e. The van der Waals surface area contributed by atoms with Crippen molar-refractivity contribution in [3.63, 3.8) is 0 Å². The highest BCUT2D eigenvalue weighted by molar-refractivity contribution is 5.99. The molecule has 0 radical (unpaired) electrons. The van der Waals surface area contributed by atoms with E-state index >= 15 is 0 Å². The standard InChI is InChI=1S/C29H33NO6/c1-6-20-14-22(15-24(29(33)34)28(20)35-5)30-21-9-7-8-19(13-21)16-36-26-11-10-23(27(32)18(26)4)25(31)12-17(2)3/h7-11,13-15,17,30,32H,6,12,16H2,1-5H3,(H,33,34). The van der Waals surface area contributed by atoms with Gasteiger partial charge in [0.25, 0.3) is 0 Å². The van der Waals surface area contributed by atoms with Gasteiger partial charge in [0, 0.05) is 23.4 Å². The number of anilines is 2. The van der Waals surface area contributed by atoms with Gasteiger partial charge >= 0.3 is 5.97 Å². The van der Waals surface area contributed by atoms with Crippen molar-refractivity contribution in [2.24, 2.45) is 5.92 Å². The number of phenolic OH excluding ortho intramolecular Hbond substituents is 1. The highest BCUT2D eigenvalue weighted by Crippen LogP contribution is 2.33. The molecule has 0 aromatic heterocycles. The molecule has 0 aliphatic carbocycles. The lowest BCUT2D eigenvalue weighted by atomic mass is 9.98. The first-order valence-corrected chi connectivity index (χ1v) is 11.9. The number of rotatable bonds is 11. The fraction of sp³-hybridized carbons (Fsp3) is 0.310. The maximum absolute atomic E-state index is 12.4. The second kappa shape index (κ2) is 11.6. The van der Waals surface area contributed by atoms with Crippen molar-refractivity contribution in [1.82, 2.24) is 0 Å². The Morgan fingerprint density at radius 2 is 1.78 bits per heavy atom. The van der Waals surface area contributed by atoms with E-state index < -0.39 is 5.97 Å². The molecule has 3 N–H and O–H groups in total. The average Bonchev–Trinajstić information content (AvgIpc) is 2.84. The van der Waals surface area contributed by atoms with Crippen LogP contribution in [0.25, 0.3) is 0 Å². The topological polar surface area (TPSA) is 105 Å². The zero-order chi connectivity index (χ0) is 26.4. The van der Waals surface area contributed by atoms with E-state index in [0.29, 0.717) is 41.2 Å². The van der Waals surface area contributed by atoms with Gasteiger partial charge in [-0.05, 0) is 66.8 Å². The summed E-state index contributed by atoms with van der Waals surface area (Å²) in [4.78, 5) is 24.1. The summed E-state index contributed by atoms with van der Waals surface area (Å²) in [6.45, 7) is 7.84. The minimum Gasteiger partial charge on any atom is -0.507 e. The number of benzene rings is 3. The largest absolute Gasteiger partial charge is 0.507 e. The van der Waals surface area contributed by atoms with Gasteiger partial charge in [-0.2, -0.15) is 0 Å². The molecule has 0 atom stereocenters. The predicted octanol–water partition coefficient (Wildman–Crippen LogP) is 6.52. The van der Waals surface area contributed by atoms with Crippen molar-refractivity contribution in [1.29, 1.82) is 0 Å².